The number of rotatable bonds is 4. The van der Waals surface area contributed by atoms with Crippen LogP contribution in [-0.2, 0) is 20.8 Å². The average molecular weight is 397 g/mol. The lowest BCUT2D eigenvalue weighted by Gasteiger charge is -2.27. The molecular formula is C19H18F3NO3S. The quantitative estimate of drug-likeness (QED) is 0.830. The van der Waals surface area contributed by atoms with Crippen LogP contribution in [0.3, 0.4) is 0 Å². The summed E-state index contributed by atoms with van der Waals surface area (Å²) in [6.45, 7) is 0. The summed E-state index contributed by atoms with van der Waals surface area (Å²) in [7, 11) is -3.94. The summed E-state index contributed by atoms with van der Waals surface area (Å²) >= 11 is 0. The molecule has 1 fully saturated rings. The number of hydrogen-bond acceptors (Lipinski definition) is 3. The maximum absolute atomic E-state index is 13.2. The standard InChI is InChI=1S/C19H18F3NO3S/c20-19(21,22)14-8-10-15(11-9-14)23-17(24)18(12-4-5-13-18)27(25,26)16-6-2-1-3-7-16/h1-3,6-11H,4-5,12-13H2,(H,23,24). The monoisotopic (exact) mass is 397 g/mol. The molecule has 0 spiro atoms. The third kappa shape index (κ3) is 3.58. The zero-order valence-electron chi connectivity index (χ0n) is 14.3. The van der Waals surface area contributed by atoms with Crippen molar-refractivity contribution in [2.75, 3.05) is 5.32 Å². The molecule has 8 heteroatoms. The molecule has 1 saturated carbocycles. The van der Waals surface area contributed by atoms with Gasteiger partial charge in [-0.15, -0.1) is 0 Å². The number of halogens is 3. The van der Waals surface area contributed by atoms with E-state index in [4.69, 9.17) is 0 Å². The fourth-order valence-corrected chi connectivity index (χ4v) is 5.46. The highest BCUT2D eigenvalue weighted by Gasteiger charge is 2.52. The summed E-state index contributed by atoms with van der Waals surface area (Å²) in [6.07, 6.45) is -2.95. The molecule has 1 N–H and O–H groups in total. The first-order valence-electron chi connectivity index (χ1n) is 8.45. The summed E-state index contributed by atoms with van der Waals surface area (Å²) in [5.41, 5.74) is -0.712. The zero-order chi connectivity index (χ0) is 19.7. The largest absolute Gasteiger partial charge is 0.416 e. The van der Waals surface area contributed by atoms with Gasteiger partial charge in [0.15, 0.2) is 14.6 Å². The van der Waals surface area contributed by atoms with Crippen LogP contribution in [0.2, 0.25) is 0 Å². The molecule has 2 aromatic carbocycles. The number of amides is 1. The molecule has 0 heterocycles. The van der Waals surface area contributed by atoms with Crippen molar-refractivity contribution in [3.63, 3.8) is 0 Å². The molecule has 2 aromatic rings. The second-order valence-electron chi connectivity index (χ2n) is 6.55. The van der Waals surface area contributed by atoms with Crippen LogP contribution in [0.25, 0.3) is 0 Å². The Hall–Kier alpha value is -2.35. The zero-order valence-corrected chi connectivity index (χ0v) is 15.1. The van der Waals surface area contributed by atoms with Gasteiger partial charge in [0.1, 0.15) is 0 Å². The van der Waals surface area contributed by atoms with E-state index >= 15 is 0 Å². The average Bonchev–Trinajstić information content (AvgIpc) is 3.14. The number of hydrogen-bond donors (Lipinski definition) is 1. The fraction of sp³-hybridized carbons (Fsp3) is 0.316. The molecule has 4 nitrogen and oxygen atoms in total. The number of benzene rings is 2. The minimum Gasteiger partial charge on any atom is -0.325 e. The van der Waals surface area contributed by atoms with Gasteiger partial charge in [-0.3, -0.25) is 4.79 Å². The van der Waals surface area contributed by atoms with Gasteiger partial charge in [0.05, 0.1) is 10.5 Å². The first kappa shape index (κ1) is 19.4. The third-order valence-corrected chi connectivity index (χ3v) is 7.38. The lowest BCUT2D eigenvalue weighted by atomic mass is 10.1. The van der Waals surface area contributed by atoms with Crippen molar-refractivity contribution in [3.05, 3.63) is 60.2 Å². The Labute approximate surface area is 155 Å². The predicted octanol–water partition coefficient (Wildman–Crippen LogP) is 4.43. The van der Waals surface area contributed by atoms with Crippen molar-refractivity contribution in [1.82, 2.24) is 0 Å². The topological polar surface area (TPSA) is 63.2 Å². The van der Waals surface area contributed by atoms with Gasteiger partial charge in [-0.2, -0.15) is 13.2 Å². The van der Waals surface area contributed by atoms with Crippen LogP contribution in [0.5, 0.6) is 0 Å². The molecule has 3 rings (SSSR count). The molecule has 1 aliphatic carbocycles. The summed E-state index contributed by atoms with van der Waals surface area (Å²) in [5.74, 6) is -0.705. The molecule has 27 heavy (non-hydrogen) atoms. The van der Waals surface area contributed by atoms with Gasteiger partial charge in [0, 0.05) is 5.69 Å². The van der Waals surface area contributed by atoms with Crippen LogP contribution < -0.4 is 5.32 Å². The van der Waals surface area contributed by atoms with E-state index in [1.165, 1.54) is 12.1 Å². The molecule has 0 bridgehead atoms. The Morgan fingerprint density at radius 3 is 2.00 bits per heavy atom. The van der Waals surface area contributed by atoms with Gasteiger partial charge < -0.3 is 5.32 Å². The highest BCUT2D eigenvalue weighted by atomic mass is 32.2. The van der Waals surface area contributed by atoms with Gasteiger partial charge in [-0.25, -0.2) is 8.42 Å². The van der Waals surface area contributed by atoms with Crippen molar-refractivity contribution in [1.29, 1.82) is 0 Å². The van der Waals surface area contributed by atoms with Crippen molar-refractivity contribution in [2.45, 2.75) is 41.5 Å². The maximum atomic E-state index is 13.2. The Kier molecular flexibility index (Phi) is 5.03. The van der Waals surface area contributed by atoms with Crippen LogP contribution in [-0.4, -0.2) is 19.1 Å². The Morgan fingerprint density at radius 1 is 0.926 bits per heavy atom. The molecule has 0 saturated heterocycles. The molecular weight excluding hydrogens is 379 g/mol. The highest BCUT2D eigenvalue weighted by molar-refractivity contribution is 7.93. The van der Waals surface area contributed by atoms with Crippen molar-refractivity contribution < 1.29 is 26.4 Å². The van der Waals surface area contributed by atoms with E-state index in [1.54, 1.807) is 18.2 Å². The number of alkyl halides is 3. The molecule has 0 radical (unpaired) electrons. The van der Waals surface area contributed by atoms with E-state index in [0.717, 1.165) is 24.3 Å². The molecule has 0 aromatic heterocycles. The molecule has 0 unspecified atom stereocenters. The summed E-state index contributed by atoms with van der Waals surface area (Å²) in [4.78, 5) is 13.0. The minimum atomic E-state index is -4.48. The highest BCUT2D eigenvalue weighted by Crippen LogP contribution is 2.41. The van der Waals surface area contributed by atoms with Crippen LogP contribution in [0, 0.1) is 0 Å². The Balaban J connectivity index is 1.90. The lowest BCUT2D eigenvalue weighted by Crippen LogP contribution is -2.47. The van der Waals surface area contributed by atoms with Gasteiger partial charge in [-0.05, 0) is 49.2 Å². The smallest absolute Gasteiger partial charge is 0.325 e. The third-order valence-electron chi connectivity index (χ3n) is 4.86. The molecule has 0 atom stereocenters. The molecule has 1 aliphatic rings. The van der Waals surface area contributed by atoms with E-state index in [2.05, 4.69) is 5.32 Å². The number of carbonyl (C=O) groups excluding carboxylic acids is 1. The fourth-order valence-electron chi connectivity index (χ4n) is 3.38. The number of sulfone groups is 1. The molecule has 0 aliphatic heterocycles. The van der Waals surface area contributed by atoms with E-state index < -0.39 is 32.2 Å². The van der Waals surface area contributed by atoms with Gasteiger partial charge in [0.2, 0.25) is 5.91 Å². The summed E-state index contributed by atoms with van der Waals surface area (Å²) < 4.78 is 62.7. The van der Waals surface area contributed by atoms with Crippen LogP contribution in [0.15, 0.2) is 59.5 Å². The lowest BCUT2D eigenvalue weighted by molar-refractivity contribution is -0.137. The van der Waals surface area contributed by atoms with Gasteiger partial charge in [0.25, 0.3) is 0 Å². The summed E-state index contributed by atoms with van der Waals surface area (Å²) in [6, 6.07) is 11.7. The molecule has 144 valence electrons. The minimum absolute atomic E-state index is 0.0643. The molecule has 1 amide bonds. The van der Waals surface area contributed by atoms with Crippen LogP contribution >= 0.6 is 0 Å². The van der Waals surface area contributed by atoms with Crippen molar-refractivity contribution >= 4 is 21.4 Å². The van der Waals surface area contributed by atoms with Crippen LogP contribution in [0.4, 0.5) is 18.9 Å². The second kappa shape index (κ2) is 6.99. The Morgan fingerprint density at radius 2 is 1.48 bits per heavy atom. The van der Waals surface area contributed by atoms with Crippen molar-refractivity contribution in [2.24, 2.45) is 0 Å². The van der Waals surface area contributed by atoms with Crippen molar-refractivity contribution in [3.8, 4) is 0 Å². The van der Waals surface area contributed by atoms with E-state index in [9.17, 15) is 26.4 Å². The normalized spacial score (nSPS) is 16.9. The SMILES string of the molecule is O=C(Nc1ccc(C(F)(F)F)cc1)C1(S(=O)(=O)c2ccccc2)CCCC1. The number of carbonyl (C=O) groups is 1. The number of nitrogens with one attached hydrogen (secondary N) is 1. The van der Waals surface area contributed by atoms with Gasteiger partial charge >= 0.3 is 6.18 Å². The predicted molar refractivity (Wildman–Crippen MR) is 94.9 cm³/mol. The number of anilines is 1. The summed E-state index contributed by atoms with van der Waals surface area (Å²) in [5, 5.41) is 2.49. The van der Waals surface area contributed by atoms with E-state index in [0.29, 0.717) is 12.8 Å². The first-order valence-corrected chi connectivity index (χ1v) is 9.93. The first-order chi connectivity index (χ1) is 12.7. The van der Waals surface area contributed by atoms with Gasteiger partial charge in [-0.1, -0.05) is 31.0 Å². The maximum Gasteiger partial charge on any atom is 0.416 e. The van der Waals surface area contributed by atoms with E-state index in [-0.39, 0.29) is 23.4 Å². The second-order valence-corrected chi connectivity index (χ2v) is 8.81. The van der Waals surface area contributed by atoms with E-state index in [1.807, 2.05) is 0 Å². The Bertz CT molecular complexity index is 917. The van der Waals surface area contributed by atoms with Crippen LogP contribution in [0.1, 0.15) is 31.2 Å².